The van der Waals surface area contributed by atoms with Crippen molar-refractivity contribution in [1.29, 1.82) is 0 Å². The van der Waals surface area contributed by atoms with Crippen LogP contribution < -0.4 is 14.8 Å². The van der Waals surface area contributed by atoms with Gasteiger partial charge in [0.15, 0.2) is 11.5 Å². The Hall–Kier alpha value is -3.02. The first-order valence-electron chi connectivity index (χ1n) is 7.82. The Balaban J connectivity index is 1.38. The van der Waals surface area contributed by atoms with Crippen molar-refractivity contribution in [2.24, 2.45) is 0 Å². The maximum Gasteiger partial charge on any atom is 0.251 e. The average Bonchev–Trinajstić information content (AvgIpc) is 3.18. The Morgan fingerprint density at radius 2 is 2.08 bits per heavy atom. The van der Waals surface area contributed by atoms with Crippen LogP contribution in [0.25, 0.3) is 11.0 Å². The van der Waals surface area contributed by atoms with Crippen molar-refractivity contribution in [3.8, 4) is 11.5 Å². The van der Waals surface area contributed by atoms with Crippen molar-refractivity contribution < 1.29 is 14.3 Å². The van der Waals surface area contributed by atoms with E-state index in [1.807, 2.05) is 31.2 Å². The highest BCUT2D eigenvalue weighted by Crippen LogP contribution is 2.32. The number of hydrogen-bond donors (Lipinski definition) is 2. The molecule has 1 aliphatic rings. The zero-order chi connectivity index (χ0) is 16.5. The molecule has 24 heavy (non-hydrogen) atoms. The van der Waals surface area contributed by atoms with E-state index in [0.717, 1.165) is 40.3 Å². The van der Waals surface area contributed by atoms with Gasteiger partial charge in [-0.05, 0) is 49.2 Å². The fourth-order valence-electron chi connectivity index (χ4n) is 2.79. The molecule has 3 aromatic rings. The van der Waals surface area contributed by atoms with Gasteiger partial charge in [0, 0.05) is 12.1 Å². The monoisotopic (exact) mass is 323 g/mol. The summed E-state index contributed by atoms with van der Waals surface area (Å²) in [5, 5.41) is 2.94. The summed E-state index contributed by atoms with van der Waals surface area (Å²) in [7, 11) is 0. The Labute approximate surface area is 138 Å². The molecule has 1 aromatic heterocycles. The number of aromatic amines is 1. The lowest BCUT2D eigenvalue weighted by molar-refractivity contribution is 0.0954. The predicted octanol–water partition coefficient (Wildman–Crippen LogP) is 2.57. The van der Waals surface area contributed by atoms with Crippen LogP contribution in [-0.4, -0.2) is 29.2 Å². The van der Waals surface area contributed by atoms with Gasteiger partial charge in [-0.3, -0.25) is 4.79 Å². The van der Waals surface area contributed by atoms with Gasteiger partial charge in [0.2, 0.25) is 6.79 Å². The zero-order valence-electron chi connectivity index (χ0n) is 13.3. The van der Waals surface area contributed by atoms with Gasteiger partial charge in [-0.15, -0.1) is 0 Å². The summed E-state index contributed by atoms with van der Waals surface area (Å²) in [5.41, 5.74) is 3.44. The minimum atomic E-state index is -0.0988. The molecule has 4 rings (SSSR count). The van der Waals surface area contributed by atoms with Crippen molar-refractivity contribution in [2.75, 3.05) is 13.3 Å². The quantitative estimate of drug-likeness (QED) is 0.774. The third kappa shape index (κ3) is 2.78. The first-order valence-corrected chi connectivity index (χ1v) is 7.82. The lowest BCUT2D eigenvalue weighted by Crippen LogP contribution is -2.25. The number of imidazole rings is 1. The number of ether oxygens (including phenoxy) is 2. The normalized spacial score (nSPS) is 12.5. The van der Waals surface area contributed by atoms with Gasteiger partial charge >= 0.3 is 0 Å². The standard InChI is InChI=1S/C18H17N3O3/c1-11-20-14-4-3-13(9-15(14)21-11)18(22)19-7-6-12-2-5-16-17(8-12)24-10-23-16/h2-5,8-9H,6-7,10H2,1H3,(H,19,22)(H,20,21). The van der Waals surface area contributed by atoms with Crippen LogP contribution in [-0.2, 0) is 6.42 Å². The third-order valence-corrected chi connectivity index (χ3v) is 4.00. The molecule has 122 valence electrons. The molecule has 0 saturated carbocycles. The molecule has 2 heterocycles. The summed E-state index contributed by atoms with van der Waals surface area (Å²) in [6.45, 7) is 2.71. The molecule has 2 aromatic carbocycles. The summed E-state index contributed by atoms with van der Waals surface area (Å²) in [6.07, 6.45) is 0.728. The molecule has 0 bridgehead atoms. The van der Waals surface area contributed by atoms with Crippen molar-refractivity contribution >= 4 is 16.9 Å². The Bertz CT molecular complexity index is 917. The van der Waals surface area contributed by atoms with Crippen LogP contribution in [0.1, 0.15) is 21.7 Å². The van der Waals surface area contributed by atoms with Crippen molar-refractivity contribution in [3.05, 3.63) is 53.3 Å². The molecule has 1 amide bonds. The van der Waals surface area contributed by atoms with E-state index in [2.05, 4.69) is 15.3 Å². The molecule has 6 heteroatoms. The first kappa shape index (κ1) is 14.6. The Kier molecular flexibility index (Phi) is 3.57. The highest BCUT2D eigenvalue weighted by molar-refractivity contribution is 5.97. The van der Waals surface area contributed by atoms with Gasteiger partial charge in [-0.2, -0.15) is 0 Å². The lowest BCUT2D eigenvalue weighted by atomic mass is 10.1. The number of rotatable bonds is 4. The highest BCUT2D eigenvalue weighted by atomic mass is 16.7. The van der Waals surface area contributed by atoms with Crippen LogP contribution in [0.4, 0.5) is 0 Å². The molecular weight excluding hydrogens is 306 g/mol. The Morgan fingerprint density at radius 1 is 1.21 bits per heavy atom. The number of carbonyl (C=O) groups excluding carboxylic acids is 1. The summed E-state index contributed by atoms with van der Waals surface area (Å²) in [6, 6.07) is 11.3. The number of fused-ring (bicyclic) bond motifs is 2. The fraction of sp³-hybridized carbons (Fsp3) is 0.222. The summed E-state index contributed by atoms with van der Waals surface area (Å²) in [5.74, 6) is 2.27. The first-order chi connectivity index (χ1) is 11.7. The number of nitrogens with one attached hydrogen (secondary N) is 2. The zero-order valence-corrected chi connectivity index (χ0v) is 13.3. The molecule has 1 aliphatic heterocycles. The second kappa shape index (κ2) is 5.88. The summed E-state index contributed by atoms with van der Waals surface area (Å²) >= 11 is 0. The number of hydrogen-bond acceptors (Lipinski definition) is 4. The molecule has 0 fully saturated rings. The van der Waals surface area contributed by atoms with Crippen LogP contribution in [0.2, 0.25) is 0 Å². The van der Waals surface area contributed by atoms with Gasteiger partial charge < -0.3 is 19.8 Å². The maximum atomic E-state index is 12.3. The predicted molar refractivity (Wildman–Crippen MR) is 89.4 cm³/mol. The molecule has 0 atom stereocenters. The van der Waals surface area contributed by atoms with Crippen LogP contribution >= 0.6 is 0 Å². The van der Waals surface area contributed by atoms with E-state index in [9.17, 15) is 4.79 Å². The molecular formula is C18H17N3O3. The summed E-state index contributed by atoms with van der Waals surface area (Å²) < 4.78 is 10.6. The molecule has 0 unspecified atom stereocenters. The molecule has 0 spiro atoms. The van der Waals surface area contributed by atoms with Gasteiger partial charge in [0.1, 0.15) is 5.82 Å². The number of nitrogens with zero attached hydrogens (tertiary/aromatic N) is 1. The van der Waals surface area contributed by atoms with Crippen LogP contribution in [0.15, 0.2) is 36.4 Å². The van der Waals surface area contributed by atoms with E-state index in [0.29, 0.717) is 12.1 Å². The number of aryl methyl sites for hydroxylation is 1. The van der Waals surface area contributed by atoms with E-state index in [1.54, 1.807) is 12.1 Å². The SMILES string of the molecule is Cc1nc2cc(C(=O)NCCc3ccc4c(c3)OCO4)ccc2[nH]1. The van der Waals surface area contributed by atoms with Crippen LogP contribution in [0.3, 0.4) is 0 Å². The van der Waals surface area contributed by atoms with Gasteiger partial charge in [-0.1, -0.05) is 6.07 Å². The smallest absolute Gasteiger partial charge is 0.251 e. The van der Waals surface area contributed by atoms with E-state index in [4.69, 9.17) is 9.47 Å². The third-order valence-electron chi connectivity index (χ3n) is 4.00. The van der Waals surface area contributed by atoms with Crippen LogP contribution in [0, 0.1) is 6.92 Å². The number of H-pyrrole nitrogens is 1. The summed E-state index contributed by atoms with van der Waals surface area (Å²) in [4.78, 5) is 19.8. The van der Waals surface area contributed by atoms with E-state index < -0.39 is 0 Å². The molecule has 6 nitrogen and oxygen atoms in total. The number of aromatic nitrogens is 2. The minimum absolute atomic E-state index is 0.0988. The van der Waals surface area contributed by atoms with Gasteiger partial charge in [0.05, 0.1) is 11.0 Å². The number of benzene rings is 2. The second-order valence-electron chi connectivity index (χ2n) is 5.75. The fourth-order valence-corrected chi connectivity index (χ4v) is 2.79. The average molecular weight is 323 g/mol. The number of carbonyl (C=O) groups is 1. The van der Waals surface area contributed by atoms with Crippen molar-refractivity contribution in [2.45, 2.75) is 13.3 Å². The highest BCUT2D eigenvalue weighted by Gasteiger charge is 2.13. The minimum Gasteiger partial charge on any atom is -0.454 e. The van der Waals surface area contributed by atoms with Crippen LogP contribution in [0.5, 0.6) is 11.5 Å². The molecule has 2 N–H and O–H groups in total. The number of amides is 1. The second-order valence-corrected chi connectivity index (χ2v) is 5.75. The van der Waals surface area contributed by atoms with E-state index >= 15 is 0 Å². The Morgan fingerprint density at radius 3 is 3.00 bits per heavy atom. The topological polar surface area (TPSA) is 76.2 Å². The molecule has 0 aliphatic carbocycles. The van der Waals surface area contributed by atoms with Gasteiger partial charge in [0.25, 0.3) is 5.91 Å². The van der Waals surface area contributed by atoms with Crippen molar-refractivity contribution in [3.63, 3.8) is 0 Å². The van der Waals surface area contributed by atoms with Gasteiger partial charge in [-0.25, -0.2) is 4.98 Å². The van der Waals surface area contributed by atoms with E-state index in [-0.39, 0.29) is 12.7 Å². The molecule has 0 radical (unpaired) electrons. The lowest BCUT2D eigenvalue weighted by Gasteiger charge is -2.06. The molecule has 0 saturated heterocycles. The maximum absolute atomic E-state index is 12.3. The van der Waals surface area contributed by atoms with Crippen molar-refractivity contribution in [1.82, 2.24) is 15.3 Å². The largest absolute Gasteiger partial charge is 0.454 e. The van der Waals surface area contributed by atoms with E-state index in [1.165, 1.54) is 0 Å².